The summed E-state index contributed by atoms with van der Waals surface area (Å²) in [5.41, 5.74) is 18.6. The monoisotopic (exact) mass is 710 g/mol. The van der Waals surface area contributed by atoms with Crippen LogP contribution in [-0.2, 0) is 46.3 Å². The van der Waals surface area contributed by atoms with Crippen LogP contribution >= 0.6 is 0 Å². The molecular weight excluding hydrogens is 656 g/mol. The molecule has 51 heavy (non-hydrogen) atoms. The summed E-state index contributed by atoms with van der Waals surface area (Å²) in [6.45, 7) is 3.76. The molecule has 0 fully saturated rings. The van der Waals surface area contributed by atoms with Gasteiger partial charge in [0.2, 0.25) is 35.4 Å². The Bertz CT molecular complexity index is 1410. The van der Waals surface area contributed by atoms with Crippen molar-refractivity contribution >= 4 is 35.4 Å². The van der Waals surface area contributed by atoms with Gasteiger partial charge in [0, 0.05) is 26.6 Å². The van der Waals surface area contributed by atoms with Gasteiger partial charge >= 0.3 is 0 Å². The summed E-state index contributed by atoms with van der Waals surface area (Å²) in [6.07, 6.45) is 1.48. The van der Waals surface area contributed by atoms with Crippen LogP contribution < -0.4 is 43.8 Å². The van der Waals surface area contributed by atoms with E-state index in [4.69, 9.17) is 21.9 Å². The van der Waals surface area contributed by atoms with E-state index in [1.807, 2.05) is 50.2 Å². The molecule has 15 nitrogen and oxygen atoms in total. The molecule has 0 radical (unpaired) electrons. The van der Waals surface area contributed by atoms with E-state index in [0.717, 1.165) is 11.1 Å². The molecule has 0 aliphatic carbocycles. The number of ether oxygens (including phenoxy) is 1. The van der Waals surface area contributed by atoms with E-state index in [9.17, 15) is 28.8 Å². The van der Waals surface area contributed by atoms with Crippen molar-refractivity contribution < 1.29 is 33.5 Å². The molecule has 0 aliphatic rings. The Labute approximate surface area is 299 Å². The highest BCUT2D eigenvalue weighted by atomic mass is 16.5. The molecule has 0 heterocycles. The lowest BCUT2D eigenvalue weighted by Gasteiger charge is -2.25. The maximum atomic E-state index is 13.8. The van der Waals surface area contributed by atoms with Crippen molar-refractivity contribution in [3.63, 3.8) is 0 Å². The summed E-state index contributed by atoms with van der Waals surface area (Å²) in [7, 11) is 1.45. The van der Waals surface area contributed by atoms with Crippen molar-refractivity contribution in [3.8, 4) is 0 Å². The fraction of sp³-hybridized carbons (Fsp3) is 0.500. The molecule has 2 rings (SSSR count). The number of benzene rings is 2. The predicted molar refractivity (Wildman–Crippen MR) is 192 cm³/mol. The van der Waals surface area contributed by atoms with Gasteiger partial charge in [0.25, 0.3) is 0 Å². The maximum Gasteiger partial charge on any atom is 0.243 e. The minimum atomic E-state index is -1.14. The van der Waals surface area contributed by atoms with E-state index < -0.39 is 72.2 Å². The van der Waals surface area contributed by atoms with Gasteiger partial charge in [-0.15, -0.1) is 0 Å². The Morgan fingerprint density at radius 2 is 1.20 bits per heavy atom. The lowest BCUT2D eigenvalue weighted by Crippen LogP contribution is -2.58. The van der Waals surface area contributed by atoms with Gasteiger partial charge in [-0.3, -0.25) is 28.8 Å². The Hall–Kier alpha value is -4.86. The van der Waals surface area contributed by atoms with Gasteiger partial charge in [0.15, 0.2) is 0 Å². The molecule has 0 aromatic heterocycles. The molecule has 11 N–H and O–H groups in total. The average molecular weight is 711 g/mol. The second kappa shape index (κ2) is 22.8. The van der Waals surface area contributed by atoms with Crippen LogP contribution in [0, 0.1) is 5.92 Å². The highest BCUT2D eigenvalue weighted by Crippen LogP contribution is 2.09. The molecule has 6 amide bonds. The second-order valence-electron chi connectivity index (χ2n) is 12.8. The largest absolute Gasteiger partial charge is 0.385 e. The number of carbonyl (C=O) groups excluding carboxylic acids is 6. The first kappa shape index (κ1) is 42.3. The van der Waals surface area contributed by atoms with Crippen molar-refractivity contribution in [3.05, 3.63) is 71.8 Å². The molecule has 280 valence electrons. The van der Waals surface area contributed by atoms with Crippen LogP contribution in [0.4, 0.5) is 0 Å². The Morgan fingerprint density at radius 3 is 1.71 bits per heavy atom. The molecule has 2 aromatic rings. The molecule has 0 aliphatic heterocycles. The van der Waals surface area contributed by atoms with Crippen LogP contribution in [0.15, 0.2) is 60.7 Å². The first-order valence-electron chi connectivity index (χ1n) is 17.1. The van der Waals surface area contributed by atoms with Crippen LogP contribution in [-0.4, -0.2) is 92.5 Å². The van der Waals surface area contributed by atoms with E-state index in [-0.39, 0.29) is 38.2 Å². The van der Waals surface area contributed by atoms with Gasteiger partial charge in [-0.2, -0.15) is 0 Å². The number of nitrogens with two attached hydrogens (primary N) is 3. The summed E-state index contributed by atoms with van der Waals surface area (Å²) in [4.78, 5) is 78.3. The molecule has 15 heteroatoms. The Balaban J connectivity index is 2.20. The molecule has 0 unspecified atom stereocenters. The van der Waals surface area contributed by atoms with Gasteiger partial charge in [-0.25, -0.2) is 0 Å². The van der Waals surface area contributed by atoms with Crippen LogP contribution in [0.25, 0.3) is 0 Å². The zero-order valence-electron chi connectivity index (χ0n) is 29.7. The Morgan fingerprint density at radius 1 is 0.686 bits per heavy atom. The van der Waals surface area contributed by atoms with Crippen LogP contribution in [0.1, 0.15) is 50.7 Å². The molecule has 0 saturated heterocycles. The van der Waals surface area contributed by atoms with Crippen LogP contribution in [0.5, 0.6) is 0 Å². The standard InChI is InChI=1S/C36H54N8O7/c1-23(2)19-28(35(49)42-27(32(39)46)16-18-51-3)41-31(45)22-40-34(48)29(20-24-11-6-4-7-12-24)44-36(50)30(21-25-13-8-5-9-14-25)43-33(47)26(38)15-10-17-37/h4-9,11-14,23,26-30H,10,15-22,37-38H2,1-3H3,(H2,39,46)(H,40,48)(H,41,45)(H,42,49)(H,43,47)(H,44,50)/t26-,27-,28-,29-,30-/m0/s1. The minimum Gasteiger partial charge on any atom is -0.385 e. The van der Waals surface area contributed by atoms with Crippen molar-refractivity contribution in [2.45, 2.75) is 82.6 Å². The van der Waals surface area contributed by atoms with Crippen molar-refractivity contribution in [2.24, 2.45) is 23.1 Å². The average Bonchev–Trinajstić information content (AvgIpc) is 3.10. The molecule has 2 aromatic carbocycles. The van der Waals surface area contributed by atoms with Crippen molar-refractivity contribution in [1.82, 2.24) is 26.6 Å². The van der Waals surface area contributed by atoms with Gasteiger partial charge in [0.05, 0.1) is 12.6 Å². The van der Waals surface area contributed by atoms with Crippen molar-refractivity contribution in [1.29, 1.82) is 0 Å². The van der Waals surface area contributed by atoms with Crippen LogP contribution in [0.3, 0.4) is 0 Å². The van der Waals surface area contributed by atoms with E-state index >= 15 is 0 Å². The van der Waals surface area contributed by atoms with Crippen molar-refractivity contribution in [2.75, 3.05) is 26.8 Å². The highest BCUT2D eigenvalue weighted by Gasteiger charge is 2.30. The Kier molecular flexibility index (Phi) is 18.9. The van der Waals surface area contributed by atoms with Gasteiger partial charge in [0.1, 0.15) is 24.2 Å². The minimum absolute atomic E-state index is 0.00774. The summed E-state index contributed by atoms with van der Waals surface area (Å²) >= 11 is 0. The SMILES string of the molecule is COCC[C@H](NC(=O)[C@H](CC(C)C)NC(=O)CNC(=O)[C@H](Cc1ccccc1)NC(=O)[C@H](Cc1ccccc1)NC(=O)[C@@H](N)CCCN)C(N)=O. The van der Waals surface area contributed by atoms with Gasteiger partial charge < -0.3 is 48.5 Å². The van der Waals surface area contributed by atoms with Gasteiger partial charge in [-0.1, -0.05) is 74.5 Å². The first-order chi connectivity index (χ1) is 24.3. The maximum absolute atomic E-state index is 13.8. The topological polar surface area (TPSA) is 250 Å². The number of methoxy groups -OCH3 is 1. The smallest absolute Gasteiger partial charge is 0.243 e. The summed E-state index contributed by atoms with van der Waals surface area (Å²) in [5, 5.41) is 13.2. The predicted octanol–water partition coefficient (Wildman–Crippen LogP) is -0.839. The molecular formula is C36H54N8O7. The molecule has 5 atom stereocenters. The number of nitrogens with one attached hydrogen (secondary N) is 5. The van der Waals surface area contributed by atoms with Crippen LogP contribution in [0.2, 0.25) is 0 Å². The molecule has 0 spiro atoms. The summed E-state index contributed by atoms with van der Waals surface area (Å²) in [5.74, 6) is -3.83. The number of rotatable bonds is 23. The fourth-order valence-corrected chi connectivity index (χ4v) is 5.17. The zero-order chi connectivity index (χ0) is 37.8. The van der Waals surface area contributed by atoms with E-state index in [2.05, 4.69) is 26.6 Å². The molecule has 0 bridgehead atoms. The van der Waals surface area contributed by atoms with E-state index in [0.29, 0.717) is 19.4 Å². The number of carbonyl (C=O) groups is 6. The van der Waals surface area contributed by atoms with Gasteiger partial charge in [-0.05, 0) is 49.3 Å². The number of amides is 6. The van der Waals surface area contributed by atoms with E-state index in [1.165, 1.54) is 7.11 Å². The molecule has 0 saturated carbocycles. The third-order valence-corrected chi connectivity index (χ3v) is 7.94. The normalized spacial score (nSPS) is 13.9. The lowest BCUT2D eigenvalue weighted by atomic mass is 10.0. The fourth-order valence-electron chi connectivity index (χ4n) is 5.17. The third kappa shape index (κ3) is 16.1. The summed E-state index contributed by atoms with van der Waals surface area (Å²) in [6, 6.07) is 12.9. The lowest BCUT2D eigenvalue weighted by molar-refractivity contribution is -0.133. The number of primary amides is 1. The zero-order valence-corrected chi connectivity index (χ0v) is 29.7. The number of hydrogen-bond acceptors (Lipinski definition) is 9. The quantitative estimate of drug-likeness (QED) is 0.0715. The number of hydrogen-bond donors (Lipinski definition) is 8. The third-order valence-electron chi connectivity index (χ3n) is 7.94. The summed E-state index contributed by atoms with van der Waals surface area (Å²) < 4.78 is 4.98. The second-order valence-corrected chi connectivity index (χ2v) is 12.8. The van der Waals surface area contributed by atoms with E-state index in [1.54, 1.807) is 24.3 Å². The first-order valence-corrected chi connectivity index (χ1v) is 17.1. The highest BCUT2D eigenvalue weighted by molar-refractivity contribution is 5.95.